The van der Waals surface area contributed by atoms with Gasteiger partial charge in [0.15, 0.2) is 0 Å². The van der Waals surface area contributed by atoms with Crippen LogP contribution in [0.25, 0.3) is 0 Å². The van der Waals surface area contributed by atoms with Crippen molar-refractivity contribution in [1.82, 2.24) is 9.88 Å². The molecule has 0 fully saturated rings. The van der Waals surface area contributed by atoms with Gasteiger partial charge in [0.1, 0.15) is 17.4 Å². The van der Waals surface area contributed by atoms with Crippen molar-refractivity contribution >= 4 is 44.8 Å². The summed E-state index contributed by atoms with van der Waals surface area (Å²) < 4.78 is 6.63. The Labute approximate surface area is 182 Å². The molecule has 0 spiro atoms. The minimum absolute atomic E-state index is 0.0109. The van der Waals surface area contributed by atoms with Gasteiger partial charge in [0.2, 0.25) is 0 Å². The van der Waals surface area contributed by atoms with Crippen LogP contribution in [0.2, 0.25) is 5.02 Å². The number of ether oxygens (including phenoxy) is 1. The molecule has 0 saturated carbocycles. The normalized spacial score (nSPS) is 10.9. The van der Waals surface area contributed by atoms with Crippen molar-refractivity contribution in [3.05, 3.63) is 79.7 Å². The Morgan fingerprint density at radius 1 is 1.25 bits per heavy atom. The summed E-state index contributed by atoms with van der Waals surface area (Å²) in [6.45, 7) is 4.85. The van der Waals surface area contributed by atoms with Crippen molar-refractivity contribution in [3.63, 3.8) is 0 Å². The van der Waals surface area contributed by atoms with Crippen LogP contribution in [0, 0.1) is 0 Å². The molecule has 1 heterocycles. The van der Waals surface area contributed by atoms with Crippen LogP contribution in [0.5, 0.6) is 5.75 Å². The SMILES string of the molecule is CC(C)N(Cc1csc(COc2ccc(Cl)cc2)n1)C(=O)c1cccc(Br)c1. The van der Waals surface area contributed by atoms with Gasteiger partial charge in [-0.1, -0.05) is 33.6 Å². The highest BCUT2D eigenvalue weighted by molar-refractivity contribution is 9.10. The number of aromatic nitrogens is 1. The van der Waals surface area contributed by atoms with Crippen molar-refractivity contribution in [3.8, 4) is 5.75 Å². The van der Waals surface area contributed by atoms with Gasteiger partial charge in [-0.25, -0.2) is 4.98 Å². The third-order valence-electron chi connectivity index (χ3n) is 4.06. The predicted molar refractivity (Wildman–Crippen MR) is 117 cm³/mol. The summed E-state index contributed by atoms with van der Waals surface area (Å²) in [5.74, 6) is 0.734. The quantitative estimate of drug-likeness (QED) is 0.406. The van der Waals surface area contributed by atoms with E-state index in [1.165, 1.54) is 11.3 Å². The van der Waals surface area contributed by atoms with Crippen LogP contribution in [-0.4, -0.2) is 21.8 Å². The van der Waals surface area contributed by atoms with E-state index in [1.807, 2.05) is 60.5 Å². The number of nitrogens with zero attached hydrogens (tertiary/aromatic N) is 2. The molecule has 0 aliphatic rings. The first-order valence-electron chi connectivity index (χ1n) is 8.80. The predicted octanol–water partition coefficient (Wildman–Crippen LogP) is 6.19. The van der Waals surface area contributed by atoms with Gasteiger partial charge in [-0.15, -0.1) is 11.3 Å². The minimum Gasteiger partial charge on any atom is -0.486 e. The molecule has 146 valence electrons. The van der Waals surface area contributed by atoms with Crippen LogP contribution in [0.15, 0.2) is 58.4 Å². The van der Waals surface area contributed by atoms with Gasteiger partial charge < -0.3 is 9.64 Å². The molecule has 0 aliphatic heterocycles. The third kappa shape index (κ3) is 5.56. The topological polar surface area (TPSA) is 42.4 Å². The number of hydrogen-bond acceptors (Lipinski definition) is 4. The Morgan fingerprint density at radius 3 is 2.68 bits per heavy atom. The Bertz CT molecular complexity index is 944. The molecular weight excluding hydrogens is 460 g/mol. The molecule has 0 atom stereocenters. The van der Waals surface area contributed by atoms with E-state index in [-0.39, 0.29) is 11.9 Å². The van der Waals surface area contributed by atoms with Gasteiger partial charge in [-0.3, -0.25) is 4.79 Å². The third-order valence-corrected chi connectivity index (χ3v) is 5.68. The molecule has 0 N–H and O–H groups in total. The average Bonchev–Trinajstić information content (AvgIpc) is 3.12. The first-order valence-corrected chi connectivity index (χ1v) is 10.9. The lowest BCUT2D eigenvalue weighted by molar-refractivity contribution is 0.0688. The van der Waals surface area contributed by atoms with Crippen molar-refractivity contribution in [2.24, 2.45) is 0 Å². The highest BCUT2D eigenvalue weighted by Gasteiger charge is 2.20. The molecule has 4 nitrogen and oxygen atoms in total. The van der Waals surface area contributed by atoms with E-state index in [1.54, 1.807) is 12.1 Å². The summed E-state index contributed by atoms with van der Waals surface area (Å²) in [5, 5.41) is 3.51. The van der Waals surface area contributed by atoms with Gasteiger partial charge in [0.05, 0.1) is 12.2 Å². The number of carbonyl (C=O) groups is 1. The summed E-state index contributed by atoms with van der Waals surface area (Å²) in [7, 11) is 0. The second-order valence-corrected chi connectivity index (χ2v) is 8.81. The number of rotatable bonds is 7. The van der Waals surface area contributed by atoms with E-state index in [0.717, 1.165) is 20.9 Å². The van der Waals surface area contributed by atoms with Crippen LogP contribution in [0.1, 0.15) is 34.9 Å². The minimum atomic E-state index is -0.0109. The molecule has 0 unspecified atom stereocenters. The van der Waals surface area contributed by atoms with E-state index in [0.29, 0.717) is 23.7 Å². The number of amides is 1. The maximum absolute atomic E-state index is 12.9. The van der Waals surface area contributed by atoms with Gasteiger partial charge in [-0.05, 0) is 56.3 Å². The monoisotopic (exact) mass is 478 g/mol. The van der Waals surface area contributed by atoms with Crippen molar-refractivity contribution < 1.29 is 9.53 Å². The first-order chi connectivity index (χ1) is 13.4. The van der Waals surface area contributed by atoms with Crippen LogP contribution in [0.4, 0.5) is 0 Å². The Kier molecular flexibility index (Phi) is 7.10. The van der Waals surface area contributed by atoms with E-state index >= 15 is 0 Å². The molecule has 1 aromatic heterocycles. The number of hydrogen-bond donors (Lipinski definition) is 0. The smallest absolute Gasteiger partial charge is 0.254 e. The summed E-state index contributed by atoms with van der Waals surface area (Å²) >= 11 is 10.8. The van der Waals surface area contributed by atoms with Crippen LogP contribution < -0.4 is 4.74 Å². The highest BCUT2D eigenvalue weighted by Crippen LogP contribution is 2.20. The molecule has 7 heteroatoms. The lowest BCUT2D eigenvalue weighted by Gasteiger charge is -2.26. The van der Waals surface area contributed by atoms with Crippen LogP contribution in [0.3, 0.4) is 0 Å². The van der Waals surface area contributed by atoms with E-state index in [2.05, 4.69) is 20.9 Å². The largest absolute Gasteiger partial charge is 0.486 e. The number of carbonyl (C=O) groups excluding carboxylic acids is 1. The zero-order valence-electron chi connectivity index (χ0n) is 15.6. The summed E-state index contributed by atoms with van der Waals surface area (Å²) in [6.07, 6.45) is 0. The number of benzene rings is 2. The van der Waals surface area contributed by atoms with Crippen LogP contribution >= 0.6 is 38.9 Å². The molecule has 0 saturated heterocycles. The lowest BCUT2D eigenvalue weighted by atomic mass is 10.1. The van der Waals surface area contributed by atoms with Crippen molar-refractivity contribution in [1.29, 1.82) is 0 Å². The molecule has 2 aromatic carbocycles. The van der Waals surface area contributed by atoms with Gasteiger partial charge in [-0.2, -0.15) is 0 Å². The highest BCUT2D eigenvalue weighted by atomic mass is 79.9. The fraction of sp³-hybridized carbons (Fsp3) is 0.238. The Hall–Kier alpha value is -1.89. The van der Waals surface area contributed by atoms with Crippen molar-refractivity contribution in [2.75, 3.05) is 0 Å². The fourth-order valence-electron chi connectivity index (χ4n) is 2.61. The average molecular weight is 480 g/mol. The van der Waals surface area contributed by atoms with E-state index < -0.39 is 0 Å². The number of thiazole rings is 1. The van der Waals surface area contributed by atoms with Gasteiger partial charge >= 0.3 is 0 Å². The second-order valence-electron chi connectivity index (χ2n) is 6.51. The maximum atomic E-state index is 12.9. The van der Waals surface area contributed by atoms with Crippen molar-refractivity contribution in [2.45, 2.75) is 33.0 Å². The first kappa shape index (κ1) is 20.8. The molecule has 0 bridgehead atoms. The lowest BCUT2D eigenvalue weighted by Crippen LogP contribution is -2.36. The molecule has 28 heavy (non-hydrogen) atoms. The maximum Gasteiger partial charge on any atom is 0.254 e. The van der Waals surface area contributed by atoms with Crippen LogP contribution in [-0.2, 0) is 13.2 Å². The Balaban J connectivity index is 1.65. The zero-order chi connectivity index (χ0) is 20.1. The van der Waals surface area contributed by atoms with Gasteiger partial charge in [0, 0.05) is 26.5 Å². The summed E-state index contributed by atoms with van der Waals surface area (Å²) in [5.41, 5.74) is 1.52. The van der Waals surface area contributed by atoms with E-state index in [9.17, 15) is 4.79 Å². The summed E-state index contributed by atoms with van der Waals surface area (Å²) in [4.78, 5) is 19.4. The molecule has 1 amide bonds. The fourth-order valence-corrected chi connectivity index (χ4v) is 3.84. The summed E-state index contributed by atoms with van der Waals surface area (Å²) in [6, 6.07) is 14.7. The molecule has 0 aliphatic carbocycles. The second kappa shape index (κ2) is 9.54. The molecular formula is C21H20BrClN2O2S. The Morgan fingerprint density at radius 2 is 2.00 bits per heavy atom. The molecule has 0 radical (unpaired) electrons. The zero-order valence-corrected chi connectivity index (χ0v) is 18.7. The number of halogens is 2. The molecule has 3 aromatic rings. The van der Waals surface area contributed by atoms with Gasteiger partial charge in [0.25, 0.3) is 5.91 Å². The molecule has 3 rings (SSSR count). The van der Waals surface area contributed by atoms with E-state index in [4.69, 9.17) is 16.3 Å². The standard InChI is InChI=1S/C21H20BrClN2O2S/c1-14(2)25(21(26)15-4-3-5-16(22)10-15)11-18-13-28-20(24-18)12-27-19-8-6-17(23)7-9-19/h3-10,13-14H,11-12H2,1-2H3.